The monoisotopic (exact) mass is 379 g/mol. The van der Waals surface area contributed by atoms with E-state index in [0.29, 0.717) is 17.1 Å². The molecule has 0 radical (unpaired) electrons. The molecule has 1 saturated heterocycles. The van der Waals surface area contributed by atoms with Gasteiger partial charge in [0.2, 0.25) is 0 Å². The third kappa shape index (κ3) is 3.75. The molecule has 4 N–H and O–H groups in total. The van der Waals surface area contributed by atoms with Crippen molar-refractivity contribution in [2.75, 3.05) is 20.1 Å². The van der Waals surface area contributed by atoms with E-state index >= 15 is 0 Å². The molecule has 1 aliphatic heterocycles. The van der Waals surface area contributed by atoms with Crippen LogP contribution in [0.25, 0.3) is 0 Å². The van der Waals surface area contributed by atoms with Crippen molar-refractivity contribution < 1.29 is 4.74 Å². The van der Waals surface area contributed by atoms with Gasteiger partial charge in [0.25, 0.3) is 0 Å². The average molecular weight is 380 g/mol. The van der Waals surface area contributed by atoms with Crippen LogP contribution >= 0.6 is 0 Å². The first-order valence-corrected chi connectivity index (χ1v) is 10.1. The van der Waals surface area contributed by atoms with Gasteiger partial charge in [-0.15, -0.1) is 0 Å². The molecular formula is C22H29N5O. The van der Waals surface area contributed by atoms with Gasteiger partial charge in [-0.3, -0.25) is 15.4 Å². The fraction of sp³-hybridized carbons (Fsp3) is 0.455. The van der Waals surface area contributed by atoms with Crippen LogP contribution in [0.2, 0.25) is 0 Å². The van der Waals surface area contributed by atoms with Crippen molar-refractivity contribution in [3.63, 3.8) is 0 Å². The molecule has 0 spiro atoms. The number of pyridine rings is 1. The van der Waals surface area contributed by atoms with Gasteiger partial charge in [-0.25, -0.2) is 0 Å². The summed E-state index contributed by atoms with van der Waals surface area (Å²) in [5.41, 5.74) is 8.88. The summed E-state index contributed by atoms with van der Waals surface area (Å²) >= 11 is 0. The number of piperidine rings is 1. The lowest BCUT2D eigenvalue weighted by atomic mass is 9.86. The summed E-state index contributed by atoms with van der Waals surface area (Å²) in [6, 6.07) is 11.8. The molecule has 6 nitrogen and oxygen atoms in total. The fourth-order valence-electron chi connectivity index (χ4n) is 4.41. The SMILES string of the molecule is CN1CCCC(C(=N)n2cc(OC3CCC(N)c4ccccc43)ccc2=N)C1. The second-order valence-corrected chi connectivity index (χ2v) is 8.03. The summed E-state index contributed by atoms with van der Waals surface area (Å²) in [6.07, 6.45) is 5.60. The number of nitrogens with one attached hydrogen (secondary N) is 2. The lowest BCUT2D eigenvalue weighted by molar-refractivity contribution is 0.176. The van der Waals surface area contributed by atoms with Crippen LogP contribution in [-0.4, -0.2) is 35.4 Å². The average Bonchev–Trinajstić information content (AvgIpc) is 2.71. The molecule has 28 heavy (non-hydrogen) atoms. The van der Waals surface area contributed by atoms with Crippen molar-refractivity contribution in [2.45, 2.75) is 37.8 Å². The Hall–Kier alpha value is -2.44. The number of rotatable bonds is 3. The predicted molar refractivity (Wildman–Crippen MR) is 110 cm³/mol. The van der Waals surface area contributed by atoms with E-state index in [9.17, 15) is 0 Å². The van der Waals surface area contributed by atoms with E-state index in [4.69, 9.17) is 21.3 Å². The molecule has 3 atom stereocenters. The molecule has 148 valence electrons. The van der Waals surface area contributed by atoms with E-state index in [1.54, 1.807) is 16.8 Å². The van der Waals surface area contributed by atoms with Crippen molar-refractivity contribution in [1.82, 2.24) is 9.47 Å². The molecule has 1 aromatic carbocycles. The third-order valence-electron chi connectivity index (χ3n) is 5.95. The highest BCUT2D eigenvalue weighted by Crippen LogP contribution is 2.37. The molecule has 1 aromatic heterocycles. The number of ether oxygens (including phenoxy) is 1. The van der Waals surface area contributed by atoms with Crippen molar-refractivity contribution >= 4 is 5.84 Å². The lowest BCUT2D eigenvalue weighted by Gasteiger charge is -2.31. The fourth-order valence-corrected chi connectivity index (χ4v) is 4.41. The standard InChI is InChI=1S/C22H29N5O/c1-26-12-4-5-15(13-26)22(25)27-14-16(8-11-21(27)24)28-20-10-9-19(23)17-6-2-3-7-18(17)20/h2-3,6-8,11,14-15,19-20,24-25H,4-5,9-10,12-13,23H2,1H3. The summed E-state index contributed by atoms with van der Waals surface area (Å²) in [4.78, 5) is 2.26. The third-order valence-corrected chi connectivity index (χ3v) is 5.95. The molecule has 2 aliphatic rings. The number of hydrogen-bond acceptors (Lipinski definition) is 5. The Bertz CT molecular complexity index is 921. The van der Waals surface area contributed by atoms with Crippen molar-refractivity contribution in [3.8, 4) is 5.75 Å². The number of hydrogen-bond donors (Lipinski definition) is 3. The number of nitrogens with zero attached hydrogens (tertiary/aromatic N) is 2. The van der Waals surface area contributed by atoms with E-state index in [2.05, 4.69) is 24.1 Å². The molecule has 2 heterocycles. The number of likely N-dealkylation sites (tertiary alicyclic amines) is 1. The highest BCUT2D eigenvalue weighted by atomic mass is 16.5. The van der Waals surface area contributed by atoms with Crippen LogP contribution in [0.15, 0.2) is 42.6 Å². The Kier molecular flexibility index (Phi) is 5.33. The molecule has 0 amide bonds. The van der Waals surface area contributed by atoms with Crippen LogP contribution in [0.1, 0.15) is 49.0 Å². The van der Waals surface area contributed by atoms with Gasteiger partial charge in [0, 0.05) is 18.5 Å². The van der Waals surface area contributed by atoms with Crippen LogP contribution in [0.4, 0.5) is 0 Å². The molecule has 0 saturated carbocycles. The number of benzene rings is 1. The quantitative estimate of drug-likeness (QED) is 0.565. The summed E-state index contributed by atoms with van der Waals surface area (Å²) < 4.78 is 7.98. The van der Waals surface area contributed by atoms with E-state index < -0.39 is 0 Å². The van der Waals surface area contributed by atoms with Crippen LogP contribution < -0.4 is 16.0 Å². The van der Waals surface area contributed by atoms with Crippen molar-refractivity contribution in [3.05, 3.63) is 59.2 Å². The zero-order valence-corrected chi connectivity index (χ0v) is 16.4. The predicted octanol–water partition coefficient (Wildman–Crippen LogP) is 3.05. The maximum atomic E-state index is 8.66. The maximum Gasteiger partial charge on any atom is 0.137 e. The van der Waals surface area contributed by atoms with Gasteiger partial charge < -0.3 is 15.4 Å². The minimum atomic E-state index is -0.0453. The Morgan fingerprint density at radius 1 is 1.11 bits per heavy atom. The van der Waals surface area contributed by atoms with Gasteiger partial charge in [0.05, 0.1) is 6.20 Å². The summed E-state index contributed by atoms with van der Waals surface area (Å²) in [7, 11) is 2.09. The van der Waals surface area contributed by atoms with Gasteiger partial charge in [-0.1, -0.05) is 24.3 Å². The zero-order chi connectivity index (χ0) is 19.7. The Morgan fingerprint density at radius 2 is 1.89 bits per heavy atom. The van der Waals surface area contributed by atoms with E-state index in [1.807, 2.05) is 18.2 Å². The molecule has 6 heteroatoms. The molecule has 3 unspecified atom stereocenters. The highest BCUT2D eigenvalue weighted by molar-refractivity contribution is 5.84. The summed E-state index contributed by atoms with van der Waals surface area (Å²) in [5, 5.41) is 16.9. The first-order chi connectivity index (χ1) is 13.5. The van der Waals surface area contributed by atoms with Crippen LogP contribution in [0.5, 0.6) is 5.75 Å². The molecule has 2 aromatic rings. The molecule has 0 bridgehead atoms. The number of aromatic nitrogens is 1. The topological polar surface area (TPSA) is 91.1 Å². The van der Waals surface area contributed by atoms with E-state index in [-0.39, 0.29) is 18.1 Å². The first-order valence-electron chi connectivity index (χ1n) is 10.1. The second kappa shape index (κ2) is 7.89. The van der Waals surface area contributed by atoms with Gasteiger partial charge in [-0.2, -0.15) is 0 Å². The Labute approximate surface area is 166 Å². The Balaban J connectivity index is 1.57. The van der Waals surface area contributed by atoms with Crippen LogP contribution in [0, 0.1) is 16.7 Å². The van der Waals surface area contributed by atoms with Gasteiger partial charge in [0.1, 0.15) is 23.2 Å². The minimum Gasteiger partial charge on any atom is -0.484 e. The normalized spacial score (nSPS) is 25.1. The summed E-state index contributed by atoms with van der Waals surface area (Å²) in [6.45, 7) is 1.94. The van der Waals surface area contributed by atoms with Gasteiger partial charge in [-0.05, 0) is 62.5 Å². The van der Waals surface area contributed by atoms with Gasteiger partial charge >= 0.3 is 0 Å². The smallest absolute Gasteiger partial charge is 0.137 e. The molecule has 1 fully saturated rings. The van der Waals surface area contributed by atoms with E-state index in [1.165, 1.54) is 0 Å². The van der Waals surface area contributed by atoms with Gasteiger partial charge in [0.15, 0.2) is 0 Å². The van der Waals surface area contributed by atoms with Crippen molar-refractivity contribution in [2.24, 2.45) is 11.7 Å². The van der Waals surface area contributed by atoms with Crippen LogP contribution in [0.3, 0.4) is 0 Å². The second-order valence-electron chi connectivity index (χ2n) is 8.03. The minimum absolute atomic E-state index is 0.0453. The van der Waals surface area contributed by atoms with Crippen LogP contribution in [-0.2, 0) is 0 Å². The molecule has 1 aliphatic carbocycles. The highest BCUT2D eigenvalue weighted by Gasteiger charge is 2.27. The summed E-state index contributed by atoms with van der Waals surface area (Å²) in [5.74, 6) is 1.32. The Morgan fingerprint density at radius 3 is 2.68 bits per heavy atom. The van der Waals surface area contributed by atoms with E-state index in [0.717, 1.165) is 49.9 Å². The zero-order valence-electron chi connectivity index (χ0n) is 16.4. The van der Waals surface area contributed by atoms with Crippen molar-refractivity contribution in [1.29, 1.82) is 10.8 Å². The maximum absolute atomic E-state index is 8.66. The molecule has 4 rings (SSSR count). The first kappa shape index (κ1) is 18.9. The molecular weight excluding hydrogens is 350 g/mol. The lowest BCUT2D eigenvalue weighted by Crippen LogP contribution is -2.40. The largest absolute Gasteiger partial charge is 0.484 e. The number of fused-ring (bicyclic) bond motifs is 1. The number of nitrogens with two attached hydrogens (primary N) is 1.